The number of unbranched alkanes of at least 4 members (excludes halogenated alkanes) is 4. The van der Waals surface area contributed by atoms with Gasteiger partial charge in [0.25, 0.3) is 0 Å². The Labute approximate surface area is 100 Å². The molecule has 1 aliphatic rings. The normalized spacial score (nSPS) is 15.2. The summed E-state index contributed by atoms with van der Waals surface area (Å²) in [6.45, 7) is 2.27. The zero-order valence-corrected chi connectivity index (χ0v) is 11.0. The summed E-state index contributed by atoms with van der Waals surface area (Å²) in [4.78, 5) is 0. The van der Waals surface area contributed by atoms with Crippen LogP contribution in [0, 0.1) is 0 Å². The van der Waals surface area contributed by atoms with Crippen molar-refractivity contribution in [2.45, 2.75) is 45.4 Å². The third-order valence-electron chi connectivity index (χ3n) is 3.15. The van der Waals surface area contributed by atoms with Crippen molar-refractivity contribution >= 4 is 19.7 Å². The van der Waals surface area contributed by atoms with Crippen molar-refractivity contribution < 1.29 is 0 Å². The van der Waals surface area contributed by atoms with Crippen LogP contribution in [0.4, 0.5) is 0 Å². The molecule has 0 bridgehead atoms. The van der Waals surface area contributed by atoms with Crippen molar-refractivity contribution in [3.8, 4) is 0 Å². The lowest BCUT2D eigenvalue weighted by molar-refractivity contribution is 0.642. The molecule has 1 heteroatoms. The highest BCUT2D eigenvalue weighted by Gasteiger charge is 2.04. The average Bonchev–Trinajstić information content (AvgIpc) is 2.73. The molecule has 1 aromatic carbocycles. The van der Waals surface area contributed by atoms with Crippen molar-refractivity contribution in [1.29, 1.82) is 0 Å². The van der Waals surface area contributed by atoms with Gasteiger partial charge in [0.2, 0.25) is 0 Å². The van der Waals surface area contributed by atoms with Gasteiger partial charge in [0.1, 0.15) is 0 Å². The van der Waals surface area contributed by atoms with Crippen molar-refractivity contribution in [1.82, 2.24) is 0 Å². The molecule has 0 spiro atoms. The maximum absolute atomic E-state index is 2.34. The molecule has 2 rings (SSSR count). The number of fused-ring (bicyclic) bond motifs is 1. The summed E-state index contributed by atoms with van der Waals surface area (Å²) < 4.78 is 0. The molecular formula is C15H20P. The molecule has 0 fully saturated rings. The van der Waals surface area contributed by atoms with E-state index in [1.54, 1.807) is 5.31 Å². The minimum absolute atomic E-state index is 1.29. The summed E-state index contributed by atoms with van der Waals surface area (Å²) in [6, 6.07) is 8.79. The van der Waals surface area contributed by atoms with Gasteiger partial charge in [-0.05, 0) is 43.0 Å². The van der Waals surface area contributed by atoms with E-state index in [-0.39, 0.29) is 0 Å². The van der Waals surface area contributed by atoms with Crippen LogP contribution in [0.2, 0.25) is 0 Å². The lowest BCUT2D eigenvalue weighted by Gasteiger charge is -2.01. The summed E-state index contributed by atoms with van der Waals surface area (Å²) in [5.74, 6) is 2.34. The maximum atomic E-state index is 2.34. The Morgan fingerprint density at radius 1 is 1.00 bits per heavy atom. The predicted octanol–water partition coefficient (Wildman–Crippen LogP) is 3.85. The topological polar surface area (TPSA) is 0 Å². The number of hydrogen-bond acceptors (Lipinski definition) is 0. The first-order valence-electron chi connectivity index (χ1n) is 6.41. The van der Waals surface area contributed by atoms with E-state index < -0.39 is 0 Å². The number of hydrogen-bond donors (Lipinski definition) is 0. The fraction of sp³-hybridized carbons (Fsp3) is 0.467. The highest BCUT2D eigenvalue weighted by Crippen LogP contribution is 2.32. The molecule has 0 nitrogen and oxygen atoms in total. The third kappa shape index (κ3) is 2.95. The first-order valence-corrected chi connectivity index (χ1v) is 7.37. The SMILES string of the molecule is CCCCCCCC1=c2ccccc2=C[P]1. The van der Waals surface area contributed by atoms with Gasteiger partial charge in [0, 0.05) is 0 Å². The van der Waals surface area contributed by atoms with Gasteiger partial charge in [-0.25, -0.2) is 0 Å². The van der Waals surface area contributed by atoms with Crippen molar-refractivity contribution in [2.75, 3.05) is 0 Å². The Kier molecular flexibility index (Phi) is 4.60. The molecule has 1 heterocycles. The molecule has 0 aromatic heterocycles. The van der Waals surface area contributed by atoms with Crippen LogP contribution in [0.25, 0.3) is 11.1 Å². The van der Waals surface area contributed by atoms with Gasteiger partial charge in [0.15, 0.2) is 0 Å². The highest BCUT2D eigenvalue weighted by molar-refractivity contribution is 7.58. The van der Waals surface area contributed by atoms with Crippen LogP contribution in [-0.4, -0.2) is 0 Å². The molecule has 0 unspecified atom stereocenters. The first-order chi connectivity index (χ1) is 7.92. The van der Waals surface area contributed by atoms with Gasteiger partial charge in [0.05, 0.1) is 0 Å². The minimum atomic E-state index is 1.29. The van der Waals surface area contributed by atoms with Gasteiger partial charge in [-0.15, -0.1) is 0 Å². The average molecular weight is 231 g/mol. The highest BCUT2D eigenvalue weighted by atomic mass is 31.1. The van der Waals surface area contributed by atoms with Crippen molar-refractivity contribution in [3.05, 3.63) is 34.7 Å². The van der Waals surface area contributed by atoms with E-state index in [2.05, 4.69) is 37.0 Å². The van der Waals surface area contributed by atoms with E-state index in [1.807, 2.05) is 0 Å². The fourth-order valence-electron chi connectivity index (χ4n) is 2.18. The number of benzene rings is 1. The van der Waals surface area contributed by atoms with Crippen LogP contribution in [-0.2, 0) is 0 Å². The maximum Gasteiger partial charge on any atom is -0.0140 e. The Balaban J connectivity index is 1.91. The Bertz CT molecular complexity index is 445. The molecule has 0 saturated heterocycles. The Morgan fingerprint density at radius 2 is 1.81 bits per heavy atom. The van der Waals surface area contributed by atoms with Crippen molar-refractivity contribution in [2.24, 2.45) is 0 Å². The quantitative estimate of drug-likeness (QED) is 0.515. The zero-order valence-electron chi connectivity index (χ0n) is 10.1. The summed E-state index contributed by atoms with van der Waals surface area (Å²) in [5, 5.41) is 4.57. The van der Waals surface area contributed by atoms with Crippen LogP contribution in [0.3, 0.4) is 0 Å². The second kappa shape index (κ2) is 6.21. The first kappa shape index (κ1) is 11.9. The Hall–Kier alpha value is -0.610. The summed E-state index contributed by atoms with van der Waals surface area (Å²) in [5.41, 5.74) is 0. The second-order valence-electron chi connectivity index (χ2n) is 4.46. The van der Waals surface area contributed by atoms with Crippen LogP contribution < -0.4 is 10.4 Å². The molecule has 85 valence electrons. The molecule has 1 aliphatic heterocycles. The summed E-state index contributed by atoms with van der Waals surface area (Å²) >= 11 is 0. The molecule has 0 saturated carbocycles. The minimum Gasteiger partial charge on any atom is -0.0654 e. The Morgan fingerprint density at radius 3 is 2.69 bits per heavy atom. The predicted molar refractivity (Wildman–Crippen MR) is 73.9 cm³/mol. The van der Waals surface area contributed by atoms with Crippen LogP contribution in [0.5, 0.6) is 0 Å². The van der Waals surface area contributed by atoms with Gasteiger partial charge in [-0.3, -0.25) is 0 Å². The molecule has 0 amide bonds. The molecule has 16 heavy (non-hydrogen) atoms. The fourth-order valence-corrected chi connectivity index (χ4v) is 3.33. The molecule has 1 aromatic rings. The lowest BCUT2D eigenvalue weighted by atomic mass is 10.1. The zero-order chi connectivity index (χ0) is 11.2. The lowest BCUT2D eigenvalue weighted by Crippen LogP contribution is -2.21. The molecule has 0 N–H and O–H groups in total. The van der Waals surface area contributed by atoms with Gasteiger partial charge in [-0.1, -0.05) is 56.9 Å². The van der Waals surface area contributed by atoms with E-state index in [0.29, 0.717) is 0 Å². The molecule has 0 atom stereocenters. The van der Waals surface area contributed by atoms with E-state index in [1.165, 1.54) is 57.5 Å². The standard InChI is InChI=1S/C15H20P/c1-2-3-4-5-6-11-15-14-10-8-7-9-13(14)12-16-15/h7-10,12H,2-6,11H2,1H3. The van der Waals surface area contributed by atoms with Gasteiger partial charge >= 0.3 is 0 Å². The molecule has 0 aliphatic carbocycles. The van der Waals surface area contributed by atoms with Crippen molar-refractivity contribution in [3.63, 3.8) is 0 Å². The van der Waals surface area contributed by atoms with Crippen LogP contribution >= 0.6 is 8.58 Å². The molecular weight excluding hydrogens is 211 g/mol. The van der Waals surface area contributed by atoms with E-state index in [9.17, 15) is 0 Å². The third-order valence-corrected chi connectivity index (χ3v) is 4.33. The smallest absolute Gasteiger partial charge is 0.0140 e. The largest absolute Gasteiger partial charge is 0.0654 e. The van der Waals surface area contributed by atoms with E-state index in [4.69, 9.17) is 0 Å². The van der Waals surface area contributed by atoms with E-state index >= 15 is 0 Å². The van der Waals surface area contributed by atoms with E-state index in [0.717, 1.165) is 0 Å². The second-order valence-corrected chi connectivity index (χ2v) is 5.51. The van der Waals surface area contributed by atoms with Crippen LogP contribution in [0.15, 0.2) is 24.3 Å². The number of rotatable bonds is 6. The molecule has 1 radical (unpaired) electrons. The van der Waals surface area contributed by atoms with Gasteiger partial charge < -0.3 is 0 Å². The van der Waals surface area contributed by atoms with Gasteiger partial charge in [-0.2, -0.15) is 0 Å². The monoisotopic (exact) mass is 231 g/mol. The summed E-state index contributed by atoms with van der Waals surface area (Å²) in [6.07, 6.45) is 8.20. The van der Waals surface area contributed by atoms with Crippen LogP contribution in [0.1, 0.15) is 45.4 Å². The summed E-state index contributed by atoms with van der Waals surface area (Å²) in [7, 11) is 1.43.